The minimum atomic E-state index is -0.211. The maximum absolute atomic E-state index is 13.1. The minimum absolute atomic E-state index is 0.211. The second-order valence-corrected chi connectivity index (χ2v) is 10.7. The van der Waals surface area contributed by atoms with Crippen LogP contribution in [0.2, 0.25) is 10.0 Å². The van der Waals surface area contributed by atoms with Crippen molar-refractivity contribution in [3.8, 4) is 0 Å². The monoisotopic (exact) mass is 497 g/mol. The average Bonchev–Trinajstić information content (AvgIpc) is 3.54. The van der Waals surface area contributed by atoms with E-state index in [0.29, 0.717) is 43.6 Å². The number of thioether (sulfide) groups is 1. The first-order valence-electron chi connectivity index (χ1n) is 10.8. The van der Waals surface area contributed by atoms with Crippen LogP contribution in [0.15, 0.2) is 47.6 Å². The Morgan fingerprint density at radius 3 is 2.70 bits per heavy atom. The van der Waals surface area contributed by atoms with Gasteiger partial charge in [-0.25, -0.2) is 9.97 Å². The molecule has 1 saturated carbocycles. The van der Waals surface area contributed by atoms with Crippen molar-refractivity contribution in [1.82, 2.24) is 14.9 Å². The van der Waals surface area contributed by atoms with Gasteiger partial charge >= 0.3 is 0 Å². The van der Waals surface area contributed by atoms with Gasteiger partial charge in [-0.05, 0) is 55.3 Å². The predicted octanol–water partition coefficient (Wildman–Crippen LogP) is 5.71. The summed E-state index contributed by atoms with van der Waals surface area (Å²) in [6, 6.07) is 11.8. The van der Waals surface area contributed by atoms with Crippen molar-refractivity contribution in [2.45, 2.75) is 29.8 Å². The number of benzene rings is 2. The van der Waals surface area contributed by atoms with E-state index in [9.17, 15) is 4.79 Å². The summed E-state index contributed by atoms with van der Waals surface area (Å²) in [5, 5.41) is 4.84. The highest BCUT2D eigenvalue weighted by Gasteiger charge is 2.48. The third kappa shape index (κ3) is 3.67. The summed E-state index contributed by atoms with van der Waals surface area (Å²) >= 11 is 14.1. The Labute approximate surface area is 206 Å². The molecule has 0 bridgehead atoms. The standard InChI is InChI=1S/C24H21Cl2N5OS/c1-30-11-14-9-15(5-6-17(14)24(12-30)7-8-24)28-23-27-10-16-21(29-23)33-13-31(22(16)32)20-18(25)3-2-4-19(20)26/h2-6,9-10H,7-8,11-13H2,1H3,(H,27,28,29). The van der Waals surface area contributed by atoms with Crippen LogP contribution in [-0.2, 0) is 12.0 Å². The van der Waals surface area contributed by atoms with E-state index < -0.39 is 0 Å². The Morgan fingerprint density at radius 2 is 1.94 bits per heavy atom. The second kappa shape index (κ2) is 7.87. The van der Waals surface area contributed by atoms with Crippen LogP contribution in [0.5, 0.6) is 0 Å². The van der Waals surface area contributed by atoms with Gasteiger partial charge in [-0.2, -0.15) is 0 Å². The molecule has 1 fully saturated rings. The summed E-state index contributed by atoms with van der Waals surface area (Å²) in [4.78, 5) is 26.1. The van der Waals surface area contributed by atoms with Crippen molar-refractivity contribution >= 4 is 58.2 Å². The molecule has 1 amide bonds. The van der Waals surface area contributed by atoms with E-state index in [1.165, 1.54) is 35.7 Å². The third-order valence-electron chi connectivity index (χ3n) is 6.57. The van der Waals surface area contributed by atoms with E-state index >= 15 is 0 Å². The molecule has 0 radical (unpaired) electrons. The van der Waals surface area contributed by atoms with Crippen LogP contribution in [0.1, 0.15) is 34.3 Å². The number of anilines is 3. The van der Waals surface area contributed by atoms with Crippen LogP contribution in [0.4, 0.5) is 17.3 Å². The lowest BCUT2D eigenvalue weighted by atomic mass is 9.87. The lowest BCUT2D eigenvalue weighted by Crippen LogP contribution is -2.35. The number of carbonyl (C=O) groups excluding carboxylic acids is 1. The van der Waals surface area contributed by atoms with E-state index in [0.717, 1.165) is 18.8 Å². The molecule has 1 spiro atoms. The number of nitrogens with one attached hydrogen (secondary N) is 1. The quantitative estimate of drug-likeness (QED) is 0.467. The molecule has 3 aliphatic rings. The average molecular weight is 498 g/mol. The summed E-state index contributed by atoms with van der Waals surface area (Å²) in [6.07, 6.45) is 4.11. The van der Waals surface area contributed by atoms with Gasteiger partial charge in [0.25, 0.3) is 5.91 Å². The summed E-state index contributed by atoms with van der Waals surface area (Å²) < 4.78 is 0. The number of hydrogen-bond acceptors (Lipinski definition) is 6. The van der Waals surface area contributed by atoms with Gasteiger partial charge in [0, 0.05) is 30.4 Å². The molecule has 2 aliphatic heterocycles. The normalized spacial score (nSPS) is 18.8. The van der Waals surface area contributed by atoms with Crippen LogP contribution in [0.25, 0.3) is 0 Å². The van der Waals surface area contributed by atoms with Gasteiger partial charge in [-0.15, -0.1) is 0 Å². The van der Waals surface area contributed by atoms with E-state index in [4.69, 9.17) is 23.2 Å². The Hall–Kier alpha value is -2.32. The molecular weight excluding hydrogens is 477 g/mol. The third-order valence-corrected chi connectivity index (χ3v) is 8.15. The summed E-state index contributed by atoms with van der Waals surface area (Å²) in [6.45, 7) is 2.09. The molecule has 1 aliphatic carbocycles. The molecule has 0 unspecified atom stereocenters. The smallest absolute Gasteiger partial charge is 0.263 e. The molecule has 168 valence electrons. The predicted molar refractivity (Wildman–Crippen MR) is 133 cm³/mol. The first kappa shape index (κ1) is 21.2. The number of rotatable bonds is 3. The lowest BCUT2D eigenvalue weighted by Gasteiger charge is -2.32. The highest BCUT2D eigenvalue weighted by molar-refractivity contribution is 7.99. The maximum atomic E-state index is 13.1. The molecule has 1 N–H and O–H groups in total. The number of aromatic nitrogens is 2. The number of fused-ring (bicyclic) bond motifs is 3. The van der Waals surface area contributed by atoms with Crippen molar-refractivity contribution < 1.29 is 4.79 Å². The Morgan fingerprint density at radius 1 is 1.15 bits per heavy atom. The van der Waals surface area contributed by atoms with Gasteiger partial charge < -0.3 is 10.2 Å². The van der Waals surface area contributed by atoms with Crippen molar-refractivity contribution in [3.05, 3.63) is 69.3 Å². The highest BCUT2D eigenvalue weighted by Crippen LogP contribution is 2.52. The number of likely N-dealkylation sites (N-methyl/N-ethyl adjacent to an activating group) is 1. The largest absolute Gasteiger partial charge is 0.324 e. The topological polar surface area (TPSA) is 61.4 Å². The minimum Gasteiger partial charge on any atom is -0.324 e. The first-order chi connectivity index (χ1) is 15.9. The summed E-state index contributed by atoms with van der Waals surface area (Å²) in [5.41, 5.74) is 5.11. The SMILES string of the molecule is CN1Cc2cc(Nc3ncc4c(n3)SCN(c3c(Cl)cccc3Cl)C4=O)ccc2C2(CC2)C1. The Bertz CT molecular complexity index is 1280. The first-order valence-corrected chi connectivity index (χ1v) is 12.5. The van der Waals surface area contributed by atoms with Crippen molar-refractivity contribution in [2.24, 2.45) is 0 Å². The lowest BCUT2D eigenvalue weighted by molar-refractivity contribution is 0.0985. The molecule has 3 aromatic rings. The van der Waals surface area contributed by atoms with Gasteiger partial charge in [0.2, 0.25) is 5.95 Å². The molecule has 0 atom stereocenters. The number of para-hydroxylation sites is 1. The zero-order valence-corrected chi connectivity index (χ0v) is 20.3. The molecule has 0 saturated heterocycles. The van der Waals surface area contributed by atoms with Crippen LogP contribution < -0.4 is 10.2 Å². The van der Waals surface area contributed by atoms with E-state index in [1.807, 2.05) is 0 Å². The van der Waals surface area contributed by atoms with Crippen LogP contribution in [-0.4, -0.2) is 40.2 Å². The van der Waals surface area contributed by atoms with Gasteiger partial charge in [0.05, 0.1) is 27.2 Å². The van der Waals surface area contributed by atoms with Gasteiger partial charge in [-0.3, -0.25) is 9.69 Å². The molecule has 6 nitrogen and oxygen atoms in total. The van der Waals surface area contributed by atoms with Crippen molar-refractivity contribution in [2.75, 3.05) is 29.7 Å². The van der Waals surface area contributed by atoms with Gasteiger partial charge in [-0.1, -0.05) is 47.1 Å². The molecule has 2 aromatic carbocycles. The molecule has 6 rings (SSSR count). The fourth-order valence-corrected chi connectivity index (χ4v) is 6.45. The molecule has 9 heteroatoms. The molecule has 1 aromatic heterocycles. The van der Waals surface area contributed by atoms with Crippen LogP contribution in [0.3, 0.4) is 0 Å². The Balaban J connectivity index is 1.25. The van der Waals surface area contributed by atoms with Gasteiger partial charge in [0.15, 0.2) is 0 Å². The van der Waals surface area contributed by atoms with Crippen LogP contribution in [0, 0.1) is 0 Å². The fraction of sp³-hybridized carbons (Fsp3) is 0.292. The van der Waals surface area contributed by atoms with Gasteiger partial charge in [0.1, 0.15) is 5.03 Å². The molecular formula is C24H21Cl2N5OS. The molecule has 33 heavy (non-hydrogen) atoms. The van der Waals surface area contributed by atoms with Crippen molar-refractivity contribution in [3.63, 3.8) is 0 Å². The molecule has 3 heterocycles. The fourth-order valence-electron chi connectivity index (χ4n) is 4.90. The number of hydrogen-bond donors (Lipinski definition) is 1. The number of nitrogens with zero attached hydrogens (tertiary/aromatic N) is 4. The number of carbonyl (C=O) groups is 1. The Kier molecular flexibility index (Phi) is 5.07. The second-order valence-electron chi connectivity index (χ2n) is 8.94. The highest BCUT2D eigenvalue weighted by atomic mass is 35.5. The van der Waals surface area contributed by atoms with E-state index in [2.05, 4.69) is 45.4 Å². The number of amides is 1. The van der Waals surface area contributed by atoms with Crippen molar-refractivity contribution in [1.29, 1.82) is 0 Å². The summed E-state index contributed by atoms with van der Waals surface area (Å²) in [7, 11) is 2.18. The zero-order valence-electron chi connectivity index (χ0n) is 17.9. The van der Waals surface area contributed by atoms with E-state index in [1.54, 1.807) is 29.3 Å². The zero-order chi connectivity index (χ0) is 22.7. The van der Waals surface area contributed by atoms with E-state index in [-0.39, 0.29) is 5.91 Å². The van der Waals surface area contributed by atoms with Crippen LogP contribution >= 0.6 is 35.0 Å². The summed E-state index contributed by atoms with van der Waals surface area (Å²) in [5.74, 6) is 0.638. The maximum Gasteiger partial charge on any atom is 0.263 e. The number of halogens is 2.